The Bertz CT molecular complexity index is 662. The van der Waals surface area contributed by atoms with Crippen LogP contribution >= 0.6 is 27.5 Å². The zero-order chi connectivity index (χ0) is 14.3. The third-order valence-electron chi connectivity index (χ3n) is 3.36. The van der Waals surface area contributed by atoms with E-state index in [1.807, 2.05) is 12.1 Å². The minimum Gasteiger partial charge on any atom is -0.485 e. The van der Waals surface area contributed by atoms with Crippen molar-refractivity contribution in [2.45, 2.75) is 18.6 Å². The van der Waals surface area contributed by atoms with Crippen LogP contribution in [-0.4, -0.2) is 5.11 Å². The normalized spacial score (nSPS) is 21.2. The summed E-state index contributed by atoms with van der Waals surface area (Å²) in [4.78, 5) is 0. The smallest absolute Gasteiger partial charge is 0.142 e. The molecular formula is C15H11BrClFO2. The minimum atomic E-state index is -0.629. The van der Waals surface area contributed by atoms with Gasteiger partial charge in [-0.3, -0.25) is 0 Å². The van der Waals surface area contributed by atoms with E-state index in [4.69, 9.17) is 16.3 Å². The van der Waals surface area contributed by atoms with Crippen molar-refractivity contribution in [3.63, 3.8) is 0 Å². The quantitative estimate of drug-likeness (QED) is 0.794. The number of aliphatic hydroxyl groups excluding tert-OH is 1. The van der Waals surface area contributed by atoms with Crippen molar-refractivity contribution in [1.29, 1.82) is 0 Å². The number of hydrogen-bond donors (Lipinski definition) is 1. The number of rotatable bonds is 1. The highest BCUT2D eigenvalue weighted by Gasteiger charge is 2.28. The van der Waals surface area contributed by atoms with Crippen molar-refractivity contribution < 1.29 is 14.2 Å². The molecule has 0 saturated carbocycles. The molecule has 2 unspecified atom stereocenters. The number of benzene rings is 2. The minimum absolute atomic E-state index is 0.0771. The van der Waals surface area contributed by atoms with E-state index in [-0.39, 0.29) is 5.02 Å². The lowest BCUT2D eigenvalue weighted by Gasteiger charge is -2.30. The maximum atomic E-state index is 13.5. The second-order valence-electron chi connectivity index (χ2n) is 4.71. The fraction of sp³-hybridized carbons (Fsp3) is 0.200. The largest absolute Gasteiger partial charge is 0.485 e. The molecule has 0 amide bonds. The van der Waals surface area contributed by atoms with Crippen LogP contribution in [0.25, 0.3) is 0 Å². The van der Waals surface area contributed by atoms with E-state index in [9.17, 15) is 9.50 Å². The van der Waals surface area contributed by atoms with Crippen molar-refractivity contribution >= 4 is 27.5 Å². The first-order valence-electron chi connectivity index (χ1n) is 6.13. The van der Waals surface area contributed by atoms with Gasteiger partial charge in [0.2, 0.25) is 0 Å². The molecule has 1 N–H and O–H groups in total. The van der Waals surface area contributed by atoms with E-state index in [0.717, 1.165) is 10.0 Å². The molecule has 2 atom stereocenters. The summed E-state index contributed by atoms with van der Waals surface area (Å²) >= 11 is 9.05. The molecule has 0 fully saturated rings. The molecule has 20 heavy (non-hydrogen) atoms. The molecule has 5 heteroatoms. The maximum absolute atomic E-state index is 13.5. The first kappa shape index (κ1) is 13.9. The average Bonchev–Trinajstić information content (AvgIpc) is 2.41. The van der Waals surface area contributed by atoms with Gasteiger partial charge in [-0.15, -0.1) is 0 Å². The van der Waals surface area contributed by atoms with Gasteiger partial charge < -0.3 is 9.84 Å². The standard InChI is InChI=1S/C15H11BrClFO2/c16-9-2-3-10-13(19)7-14(20-15(10)6-9)8-1-4-11(17)12(18)5-8/h1-6,13-14,19H,7H2. The predicted molar refractivity (Wildman–Crippen MR) is 78.5 cm³/mol. The molecule has 2 aromatic rings. The number of ether oxygens (including phenoxy) is 1. The van der Waals surface area contributed by atoms with Gasteiger partial charge in [-0.2, -0.15) is 0 Å². The Morgan fingerprint density at radius 3 is 2.80 bits per heavy atom. The average molecular weight is 358 g/mol. The van der Waals surface area contributed by atoms with E-state index in [1.165, 1.54) is 12.1 Å². The Labute approximate surface area is 129 Å². The molecule has 1 aliphatic rings. The highest BCUT2D eigenvalue weighted by molar-refractivity contribution is 9.10. The first-order chi connectivity index (χ1) is 9.54. The molecule has 1 heterocycles. The zero-order valence-corrected chi connectivity index (χ0v) is 12.7. The number of hydrogen-bond acceptors (Lipinski definition) is 2. The van der Waals surface area contributed by atoms with Crippen molar-refractivity contribution in [3.8, 4) is 5.75 Å². The van der Waals surface area contributed by atoms with E-state index < -0.39 is 18.0 Å². The highest BCUT2D eigenvalue weighted by Crippen LogP contribution is 2.42. The van der Waals surface area contributed by atoms with Crippen LogP contribution in [0, 0.1) is 5.82 Å². The Balaban J connectivity index is 1.96. The van der Waals surface area contributed by atoms with Gasteiger partial charge in [0.15, 0.2) is 0 Å². The second kappa shape index (κ2) is 5.35. The lowest BCUT2D eigenvalue weighted by Crippen LogP contribution is -2.19. The van der Waals surface area contributed by atoms with Crippen molar-refractivity contribution in [3.05, 3.63) is 62.8 Å². The fourth-order valence-electron chi connectivity index (χ4n) is 2.33. The van der Waals surface area contributed by atoms with E-state index in [2.05, 4.69) is 15.9 Å². The van der Waals surface area contributed by atoms with Crippen LogP contribution in [0.15, 0.2) is 40.9 Å². The molecule has 0 aliphatic carbocycles. The Kier molecular flexibility index (Phi) is 3.71. The molecule has 0 saturated heterocycles. The van der Waals surface area contributed by atoms with Gasteiger partial charge in [-0.05, 0) is 29.8 Å². The molecule has 0 aromatic heterocycles. The zero-order valence-electron chi connectivity index (χ0n) is 10.3. The summed E-state index contributed by atoms with van der Waals surface area (Å²) in [6.07, 6.45) is -0.635. The van der Waals surface area contributed by atoms with Gasteiger partial charge in [-0.1, -0.05) is 39.7 Å². The fourth-order valence-corrected chi connectivity index (χ4v) is 2.79. The summed E-state index contributed by atoms with van der Waals surface area (Å²) in [6.45, 7) is 0. The van der Waals surface area contributed by atoms with Crippen LogP contribution in [0.3, 0.4) is 0 Å². The van der Waals surface area contributed by atoms with E-state index >= 15 is 0 Å². The van der Waals surface area contributed by atoms with Crippen LogP contribution < -0.4 is 4.74 Å². The molecule has 2 aromatic carbocycles. The molecule has 0 bridgehead atoms. The third-order valence-corrected chi connectivity index (χ3v) is 4.16. The Morgan fingerprint density at radius 1 is 1.25 bits per heavy atom. The van der Waals surface area contributed by atoms with Crippen LogP contribution in [0.2, 0.25) is 5.02 Å². The molecular weight excluding hydrogens is 347 g/mol. The number of aliphatic hydroxyl groups is 1. The lowest BCUT2D eigenvalue weighted by atomic mass is 9.95. The lowest BCUT2D eigenvalue weighted by molar-refractivity contribution is 0.0655. The van der Waals surface area contributed by atoms with Gasteiger partial charge >= 0.3 is 0 Å². The molecule has 0 spiro atoms. The van der Waals surface area contributed by atoms with Crippen LogP contribution in [0.4, 0.5) is 4.39 Å². The van der Waals surface area contributed by atoms with Crippen LogP contribution in [-0.2, 0) is 0 Å². The summed E-state index contributed by atoms with van der Waals surface area (Å²) in [5.41, 5.74) is 1.41. The van der Waals surface area contributed by atoms with Crippen molar-refractivity contribution in [2.24, 2.45) is 0 Å². The summed E-state index contributed by atoms with van der Waals surface area (Å²) in [5, 5.41) is 10.3. The van der Waals surface area contributed by atoms with Gasteiger partial charge in [0.1, 0.15) is 17.7 Å². The van der Waals surface area contributed by atoms with Gasteiger partial charge in [0.05, 0.1) is 11.1 Å². The Hall–Kier alpha value is -1.10. The third kappa shape index (κ3) is 2.55. The number of fused-ring (bicyclic) bond motifs is 1. The van der Waals surface area contributed by atoms with Crippen LogP contribution in [0.5, 0.6) is 5.75 Å². The topological polar surface area (TPSA) is 29.5 Å². The highest BCUT2D eigenvalue weighted by atomic mass is 79.9. The first-order valence-corrected chi connectivity index (χ1v) is 7.31. The molecule has 1 aliphatic heterocycles. The summed E-state index contributed by atoms with van der Waals surface area (Å²) in [6, 6.07) is 10.0. The van der Waals surface area contributed by atoms with Gasteiger partial charge in [0, 0.05) is 16.5 Å². The SMILES string of the molecule is OC1CC(c2ccc(Cl)c(F)c2)Oc2cc(Br)ccc21. The second-order valence-corrected chi connectivity index (χ2v) is 6.04. The molecule has 0 radical (unpaired) electrons. The summed E-state index contributed by atoms with van der Waals surface area (Å²) < 4.78 is 20.3. The summed E-state index contributed by atoms with van der Waals surface area (Å²) in [5.74, 6) is 0.126. The molecule has 2 nitrogen and oxygen atoms in total. The predicted octanol–water partition coefficient (Wildman–Crippen LogP) is 4.80. The number of halogens is 3. The van der Waals surface area contributed by atoms with Gasteiger partial charge in [0.25, 0.3) is 0 Å². The van der Waals surface area contributed by atoms with Gasteiger partial charge in [-0.25, -0.2) is 4.39 Å². The maximum Gasteiger partial charge on any atom is 0.142 e. The van der Waals surface area contributed by atoms with Crippen LogP contribution in [0.1, 0.15) is 29.8 Å². The molecule has 104 valence electrons. The van der Waals surface area contributed by atoms with E-state index in [0.29, 0.717) is 17.7 Å². The Morgan fingerprint density at radius 2 is 2.05 bits per heavy atom. The van der Waals surface area contributed by atoms with Crippen molar-refractivity contribution in [2.75, 3.05) is 0 Å². The summed E-state index contributed by atoms with van der Waals surface area (Å²) in [7, 11) is 0. The van der Waals surface area contributed by atoms with E-state index in [1.54, 1.807) is 12.1 Å². The van der Waals surface area contributed by atoms with Crippen molar-refractivity contribution in [1.82, 2.24) is 0 Å². The monoisotopic (exact) mass is 356 g/mol. The molecule has 3 rings (SSSR count).